The zero-order valence-electron chi connectivity index (χ0n) is 24.4. The molecule has 0 saturated heterocycles. The van der Waals surface area contributed by atoms with Crippen molar-refractivity contribution in [2.45, 2.75) is 66.1 Å². The first-order valence-corrected chi connectivity index (χ1v) is 17.2. The molecule has 0 fully saturated rings. The Labute approximate surface area is 251 Å². The molecule has 0 unspecified atom stereocenters. The normalized spacial score (nSPS) is 11.9. The number of aliphatic hydroxyl groups is 1. The van der Waals surface area contributed by atoms with Gasteiger partial charge in [0, 0.05) is 48.8 Å². The monoisotopic (exact) mass is 729 g/mol. The zero-order chi connectivity index (χ0) is 28.3. The second kappa shape index (κ2) is 13.1. The molecular formula is C34H38IrNO3Si-. The molecule has 0 amide bonds. The van der Waals surface area contributed by atoms with Crippen molar-refractivity contribution in [1.82, 2.24) is 4.98 Å². The molecule has 0 saturated carbocycles. The summed E-state index contributed by atoms with van der Waals surface area (Å²) in [5.74, 6) is 0.454. The van der Waals surface area contributed by atoms with Crippen LogP contribution in [0.2, 0.25) is 19.6 Å². The van der Waals surface area contributed by atoms with Crippen LogP contribution < -0.4 is 5.19 Å². The molecule has 1 radical (unpaired) electrons. The van der Waals surface area contributed by atoms with Gasteiger partial charge in [-0.2, -0.15) is 0 Å². The van der Waals surface area contributed by atoms with Crippen molar-refractivity contribution < 1.29 is 34.4 Å². The molecule has 40 heavy (non-hydrogen) atoms. The van der Waals surface area contributed by atoms with Crippen LogP contribution in [0, 0.1) is 6.07 Å². The molecule has 3 aromatic carbocycles. The first-order valence-electron chi connectivity index (χ1n) is 13.7. The predicted octanol–water partition coefficient (Wildman–Crippen LogP) is 9.08. The number of aromatic nitrogens is 1. The van der Waals surface area contributed by atoms with Gasteiger partial charge in [0.05, 0.1) is 13.8 Å². The third-order valence-corrected chi connectivity index (χ3v) is 9.20. The third kappa shape index (κ3) is 6.80. The number of aliphatic hydroxyl groups excluding tert-OH is 1. The van der Waals surface area contributed by atoms with Crippen molar-refractivity contribution in [1.29, 1.82) is 0 Å². The topological polar surface area (TPSA) is 63.3 Å². The van der Waals surface area contributed by atoms with Crippen molar-refractivity contribution in [3.05, 3.63) is 84.3 Å². The SMILES string of the molecule is CC(=O)/C=C(/C)O.CCC(CC)c1cc(-c2nccc3c2oc2ccc([Si](C)(C)C)cc23)[c-]c2ccccc12.[Ir]. The molecule has 0 aliphatic carbocycles. The van der Waals surface area contributed by atoms with Crippen LogP contribution in [-0.4, -0.2) is 23.9 Å². The van der Waals surface area contributed by atoms with Crippen molar-refractivity contribution in [3.8, 4) is 11.3 Å². The molecule has 0 bridgehead atoms. The Hall–Kier alpha value is -3.05. The number of hydrogen-bond donors (Lipinski definition) is 1. The van der Waals surface area contributed by atoms with E-state index in [0.29, 0.717) is 5.92 Å². The number of allylic oxidation sites excluding steroid dienone is 2. The minimum Gasteiger partial charge on any atom is -0.512 e. The van der Waals surface area contributed by atoms with Crippen LogP contribution in [0.25, 0.3) is 44.0 Å². The van der Waals surface area contributed by atoms with Gasteiger partial charge < -0.3 is 9.52 Å². The van der Waals surface area contributed by atoms with Gasteiger partial charge in [0.15, 0.2) is 5.78 Å². The van der Waals surface area contributed by atoms with Crippen LogP contribution in [0.3, 0.4) is 0 Å². The minimum absolute atomic E-state index is 0. The number of hydrogen-bond acceptors (Lipinski definition) is 4. The fourth-order valence-corrected chi connectivity index (χ4v) is 6.27. The van der Waals surface area contributed by atoms with Gasteiger partial charge >= 0.3 is 0 Å². The van der Waals surface area contributed by atoms with Gasteiger partial charge in [-0.25, -0.2) is 0 Å². The standard InChI is InChI=1S/C29H30NOSi.C5H8O2.Ir/c1-6-19(7-2)25-17-21(16-20-10-8-9-11-23(20)25)28-29-24(14-15-30-28)26-18-22(32(3,4)5)12-13-27(26)31-29;1-4(6)3-5(2)7;/h8-15,17-19H,6-7H2,1-5H3;3,6H,1-2H3;/q-1;;/b;4-3-;. The van der Waals surface area contributed by atoms with E-state index < -0.39 is 8.07 Å². The Balaban J connectivity index is 0.000000492. The van der Waals surface area contributed by atoms with Crippen molar-refractivity contribution in [2.24, 2.45) is 0 Å². The van der Waals surface area contributed by atoms with Crippen molar-refractivity contribution in [2.75, 3.05) is 0 Å². The molecule has 1 N–H and O–H groups in total. The van der Waals surface area contributed by atoms with E-state index in [2.05, 4.69) is 94.2 Å². The van der Waals surface area contributed by atoms with Crippen LogP contribution in [-0.2, 0) is 24.9 Å². The predicted molar refractivity (Wildman–Crippen MR) is 167 cm³/mol. The summed E-state index contributed by atoms with van der Waals surface area (Å²) in [6.45, 7) is 14.5. The van der Waals surface area contributed by atoms with Gasteiger partial charge in [0.1, 0.15) is 11.2 Å². The maximum atomic E-state index is 10.0. The molecule has 5 aromatic rings. The summed E-state index contributed by atoms with van der Waals surface area (Å²) in [5, 5.41) is 14.6. The first kappa shape index (κ1) is 31.5. The van der Waals surface area contributed by atoms with E-state index in [4.69, 9.17) is 14.5 Å². The van der Waals surface area contributed by atoms with E-state index in [1.54, 1.807) is 0 Å². The number of nitrogens with zero attached hydrogens (tertiary/aromatic N) is 1. The number of pyridine rings is 1. The molecule has 5 rings (SSSR count). The van der Waals surface area contributed by atoms with E-state index in [9.17, 15) is 4.79 Å². The molecule has 0 spiro atoms. The summed E-state index contributed by atoms with van der Waals surface area (Å²) >= 11 is 0. The Morgan fingerprint density at radius 2 is 1.70 bits per heavy atom. The summed E-state index contributed by atoms with van der Waals surface area (Å²) in [7, 11) is -1.41. The molecular weight excluding hydrogens is 691 g/mol. The fraction of sp³-hybridized carbons (Fsp3) is 0.294. The number of benzene rings is 3. The van der Waals surface area contributed by atoms with Crippen LogP contribution >= 0.6 is 0 Å². The Kier molecular flexibility index (Phi) is 10.3. The van der Waals surface area contributed by atoms with Crippen LogP contribution in [0.1, 0.15) is 52.0 Å². The van der Waals surface area contributed by atoms with E-state index in [1.165, 1.54) is 41.4 Å². The number of carbonyl (C=O) groups is 1. The van der Waals surface area contributed by atoms with Gasteiger partial charge in [0.25, 0.3) is 0 Å². The number of carbonyl (C=O) groups excluding carboxylic acids is 1. The maximum Gasteiger partial charge on any atom is 0.155 e. The fourth-order valence-electron chi connectivity index (χ4n) is 5.11. The third-order valence-electron chi connectivity index (χ3n) is 7.15. The van der Waals surface area contributed by atoms with E-state index in [1.807, 2.05) is 6.20 Å². The Morgan fingerprint density at radius 1 is 1.00 bits per heavy atom. The van der Waals surface area contributed by atoms with Gasteiger partial charge in [-0.15, -0.1) is 29.1 Å². The molecule has 6 heteroatoms. The van der Waals surface area contributed by atoms with Crippen LogP contribution in [0.4, 0.5) is 0 Å². The molecule has 4 nitrogen and oxygen atoms in total. The zero-order valence-corrected chi connectivity index (χ0v) is 27.8. The maximum absolute atomic E-state index is 10.0. The van der Waals surface area contributed by atoms with Crippen LogP contribution in [0.15, 0.2) is 77.0 Å². The largest absolute Gasteiger partial charge is 0.512 e. The summed E-state index contributed by atoms with van der Waals surface area (Å²) in [6.07, 6.45) is 5.31. The smallest absolute Gasteiger partial charge is 0.155 e. The van der Waals surface area contributed by atoms with Crippen molar-refractivity contribution >= 4 is 51.8 Å². The summed E-state index contributed by atoms with van der Waals surface area (Å²) < 4.78 is 6.40. The molecule has 2 aromatic heterocycles. The minimum atomic E-state index is -1.41. The number of rotatable bonds is 6. The van der Waals surface area contributed by atoms with Crippen LogP contribution in [0.5, 0.6) is 0 Å². The van der Waals surface area contributed by atoms with E-state index in [0.717, 1.165) is 46.0 Å². The molecule has 0 atom stereocenters. The second-order valence-corrected chi connectivity index (χ2v) is 16.3. The molecule has 0 aliphatic heterocycles. The van der Waals surface area contributed by atoms with E-state index >= 15 is 0 Å². The molecule has 0 aliphatic rings. The Morgan fingerprint density at radius 3 is 2.30 bits per heavy atom. The summed E-state index contributed by atoms with van der Waals surface area (Å²) in [4.78, 5) is 14.8. The molecule has 2 heterocycles. The summed E-state index contributed by atoms with van der Waals surface area (Å²) in [5.41, 5.74) is 5.07. The van der Waals surface area contributed by atoms with Gasteiger partial charge in [-0.3, -0.25) is 9.78 Å². The first-order chi connectivity index (χ1) is 18.5. The number of ketones is 1. The number of fused-ring (bicyclic) bond motifs is 4. The summed E-state index contributed by atoms with van der Waals surface area (Å²) in [6, 6.07) is 23.3. The van der Waals surface area contributed by atoms with Gasteiger partial charge in [0.2, 0.25) is 0 Å². The average molecular weight is 729 g/mol. The quantitative estimate of drug-likeness (QED) is 0.0821. The van der Waals surface area contributed by atoms with Gasteiger partial charge in [-0.1, -0.05) is 92.8 Å². The van der Waals surface area contributed by atoms with E-state index in [-0.39, 0.29) is 31.6 Å². The molecule has 211 valence electrons. The Bertz CT molecular complexity index is 1670. The van der Waals surface area contributed by atoms with Gasteiger partial charge in [-0.05, 0) is 31.9 Å². The second-order valence-electron chi connectivity index (χ2n) is 11.2. The van der Waals surface area contributed by atoms with Crippen molar-refractivity contribution in [3.63, 3.8) is 0 Å². The average Bonchev–Trinajstić information content (AvgIpc) is 3.26. The number of furan rings is 1.